The van der Waals surface area contributed by atoms with Crippen LogP contribution in [0.25, 0.3) is 0 Å². The zero-order valence-electron chi connectivity index (χ0n) is 16.9. The monoisotopic (exact) mass is 390 g/mol. The van der Waals surface area contributed by atoms with Crippen LogP contribution in [0.3, 0.4) is 0 Å². The molecule has 0 radical (unpaired) electrons. The molecule has 150 valence electrons. The first kappa shape index (κ1) is 19.6. The first-order valence-electron chi connectivity index (χ1n) is 10.1. The van der Waals surface area contributed by atoms with Crippen molar-refractivity contribution < 1.29 is 14.3 Å². The summed E-state index contributed by atoms with van der Waals surface area (Å²) in [5.74, 6) is 6.78. The molecule has 0 aliphatic carbocycles. The highest BCUT2D eigenvalue weighted by Gasteiger charge is 2.47. The zero-order chi connectivity index (χ0) is 20.3. The molecule has 0 saturated carbocycles. The van der Waals surface area contributed by atoms with Gasteiger partial charge >= 0.3 is 5.97 Å². The minimum Gasteiger partial charge on any atom is -0.437 e. The summed E-state index contributed by atoms with van der Waals surface area (Å²) >= 11 is 0. The molecular weight excluding hydrogens is 364 g/mol. The second-order valence-electron chi connectivity index (χ2n) is 7.78. The Morgan fingerprint density at radius 2 is 1.90 bits per heavy atom. The third-order valence-electron chi connectivity index (χ3n) is 6.07. The Kier molecular flexibility index (Phi) is 5.40. The lowest BCUT2D eigenvalue weighted by molar-refractivity contribution is -0.149. The number of rotatable bonds is 4. The van der Waals surface area contributed by atoms with Gasteiger partial charge in [0.15, 0.2) is 0 Å². The van der Waals surface area contributed by atoms with E-state index in [0.717, 1.165) is 43.6 Å². The highest BCUT2D eigenvalue weighted by Crippen LogP contribution is 2.39. The van der Waals surface area contributed by atoms with Crippen LogP contribution in [0.15, 0.2) is 54.9 Å². The van der Waals surface area contributed by atoms with Crippen molar-refractivity contribution in [3.8, 4) is 11.8 Å². The molecule has 5 nitrogen and oxygen atoms in total. The van der Waals surface area contributed by atoms with Gasteiger partial charge in [-0.25, -0.2) is 0 Å². The molecule has 5 rings (SSSR count). The van der Waals surface area contributed by atoms with Gasteiger partial charge in [0.05, 0.1) is 0 Å². The van der Waals surface area contributed by atoms with Crippen LogP contribution >= 0.6 is 0 Å². The fourth-order valence-corrected chi connectivity index (χ4v) is 4.55. The van der Waals surface area contributed by atoms with Crippen molar-refractivity contribution in [3.63, 3.8) is 0 Å². The molecule has 0 amide bonds. The Bertz CT molecular complexity index is 872. The van der Waals surface area contributed by atoms with Gasteiger partial charge in [0, 0.05) is 50.0 Å². The van der Waals surface area contributed by atoms with Crippen molar-refractivity contribution in [3.05, 3.63) is 66.0 Å². The predicted octanol–water partition coefficient (Wildman–Crippen LogP) is 3.00. The van der Waals surface area contributed by atoms with Crippen LogP contribution in [0.1, 0.15) is 30.9 Å². The molecule has 1 aromatic heterocycles. The second-order valence-corrected chi connectivity index (χ2v) is 7.78. The van der Waals surface area contributed by atoms with Crippen molar-refractivity contribution in [2.24, 2.45) is 5.92 Å². The lowest BCUT2D eigenvalue weighted by Crippen LogP contribution is -2.59. The summed E-state index contributed by atoms with van der Waals surface area (Å²) in [5.41, 5.74) is -0.276. The third-order valence-corrected chi connectivity index (χ3v) is 6.07. The molecule has 3 saturated heterocycles. The molecule has 4 heterocycles. The summed E-state index contributed by atoms with van der Waals surface area (Å²) in [6.07, 6.45) is 5.55. The van der Waals surface area contributed by atoms with E-state index in [4.69, 9.17) is 9.47 Å². The number of methoxy groups -OCH3 is 1. The molecule has 0 N–H and O–H groups in total. The number of ether oxygens (including phenoxy) is 2. The molecule has 2 aromatic rings. The van der Waals surface area contributed by atoms with Crippen LogP contribution in [-0.2, 0) is 19.9 Å². The number of esters is 1. The number of pyridine rings is 1. The van der Waals surface area contributed by atoms with Crippen molar-refractivity contribution >= 4 is 5.97 Å². The van der Waals surface area contributed by atoms with E-state index in [-0.39, 0.29) is 0 Å². The molecule has 29 heavy (non-hydrogen) atoms. The lowest BCUT2D eigenvalue weighted by atomic mass is 9.75. The summed E-state index contributed by atoms with van der Waals surface area (Å²) in [6.45, 7) is 4.37. The standard InChI is InChI=1S/C24H26N2O3/c1-19(27)29-24(21-7-4-3-5-8-21,22-9-6-14-25-17-22)13-12-23(28-2)18-26-15-10-20(23)11-16-26/h3-9,14,17,20H,10-11,15-16,18H2,1-2H3/t23-,24?/m1/s1. The van der Waals surface area contributed by atoms with Crippen LogP contribution in [0.2, 0.25) is 0 Å². The number of nitrogens with zero attached hydrogens (tertiary/aromatic N) is 2. The quantitative estimate of drug-likeness (QED) is 0.593. The fraction of sp³-hybridized carbons (Fsp3) is 0.417. The van der Waals surface area contributed by atoms with Gasteiger partial charge in [-0.1, -0.05) is 42.3 Å². The van der Waals surface area contributed by atoms with E-state index in [1.807, 2.05) is 42.5 Å². The molecule has 3 aliphatic heterocycles. The van der Waals surface area contributed by atoms with Gasteiger partial charge in [0.2, 0.25) is 5.60 Å². The first-order valence-corrected chi connectivity index (χ1v) is 10.1. The van der Waals surface area contributed by atoms with Crippen LogP contribution < -0.4 is 0 Å². The highest BCUT2D eigenvalue weighted by molar-refractivity contribution is 5.68. The van der Waals surface area contributed by atoms with Gasteiger partial charge < -0.3 is 9.47 Å². The molecular formula is C24H26N2O3. The summed E-state index contributed by atoms with van der Waals surface area (Å²) < 4.78 is 12.0. The lowest BCUT2D eigenvalue weighted by Gasteiger charge is -2.49. The van der Waals surface area contributed by atoms with E-state index < -0.39 is 17.2 Å². The molecule has 2 bridgehead atoms. The number of carbonyl (C=O) groups is 1. The average Bonchev–Trinajstić information content (AvgIpc) is 2.78. The van der Waals surface area contributed by atoms with Gasteiger partial charge in [0.25, 0.3) is 0 Å². The second kappa shape index (κ2) is 7.98. The van der Waals surface area contributed by atoms with Crippen molar-refractivity contribution in [1.29, 1.82) is 0 Å². The van der Waals surface area contributed by atoms with Crippen molar-refractivity contribution in [1.82, 2.24) is 9.88 Å². The van der Waals surface area contributed by atoms with E-state index in [0.29, 0.717) is 5.92 Å². The molecule has 0 spiro atoms. The Morgan fingerprint density at radius 3 is 2.45 bits per heavy atom. The summed E-state index contributed by atoms with van der Waals surface area (Å²) in [5, 5.41) is 0. The van der Waals surface area contributed by atoms with Crippen molar-refractivity contribution in [2.75, 3.05) is 26.7 Å². The minimum absolute atomic E-state index is 0.379. The fourth-order valence-electron chi connectivity index (χ4n) is 4.55. The maximum absolute atomic E-state index is 12.2. The Hall–Kier alpha value is -2.68. The number of hydrogen-bond donors (Lipinski definition) is 0. The summed E-state index contributed by atoms with van der Waals surface area (Å²) in [7, 11) is 1.73. The molecule has 1 unspecified atom stereocenters. The topological polar surface area (TPSA) is 51.7 Å². The largest absolute Gasteiger partial charge is 0.437 e. The number of carbonyl (C=O) groups excluding carboxylic acids is 1. The van der Waals surface area contributed by atoms with E-state index >= 15 is 0 Å². The van der Waals surface area contributed by atoms with Crippen molar-refractivity contribution in [2.45, 2.75) is 31.0 Å². The van der Waals surface area contributed by atoms with Gasteiger partial charge in [-0.15, -0.1) is 0 Å². The Balaban J connectivity index is 1.87. The van der Waals surface area contributed by atoms with Crippen LogP contribution in [0.5, 0.6) is 0 Å². The highest BCUT2D eigenvalue weighted by atomic mass is 16.6. The number of fused-ring (bicyclic) bond motifs is 3. The maximum atomic E-state index is 12.2. The smallest absolute Gasteiger partial charge is 0.304 e. The van der Waals surface area contributed by atoms with Gasteiger partial charge in [0.1, 0.15) is 5.60 Å². The molecule has 2 atom stereocenters. The van der Waals surface area contributed by atoms with E-state index in [9.17, 15) is 4.79 Å². The van der Waals surface area contributed by atoms with Crippen LogP contribution in [-0.4, -0.2) is 48.2 Å². The SMILES string of the molecule is CO[C@]1(C#CC(OC(C)=O)(c2ccccc2)c2cccnc2)CN2CCC1CC2. The van der Waals surface area contributed by atoms with Crippen LogP contribution in [0, 0.1) is 17.8 Å². The molecule has 5 heteroatoms. The van der Waals surface area contributed by atoms with Gasteiger partial charge in [-0.05, 0) is 37.9 Å². The molecule has 1 aromatic carbocycles. The predicted molar refractivity (Wildman–Crippen MR) is 110 cm³/mol. The zero-order valence-corrected chi connectivity index (χ0v) is 16.9. The number of hydrogen-bond acceptors (Lipinski definition) is 5. The number of benzene rings is 1. The average molecular weight is 390 g/mol. The van der Waals surface area contributed by atoms with E-state index in [1.165, 1.54) is 6.92 Å². The van der Waals surface area contributed by atoms with Gasteiger partial charge in [-0.3, -0.25) is 14.7 Å². The molecule has 3 aliphatic rings. The third kappa shape index (κ3) is 3.66. The summed E-state index contributed by atoms with van der Waals surface area (Å²) in [6, 6.07) is 13.4. The maximum Gasteiger partial charge on any atom is 0.304 e. The normalized spacial score (nSPS) is 27.4. The van der Waals surface area contributed by atoms with E-state index in [2.05, 4.69) is 21.7 Å². The minimum atomic E-state index is -1.24. The Labute approximate surface area is 172 Å². The first-order chi connectivity index (χ1) is 14.1. The van der Waals surface area contributed by atoms with E-state index in [1.54, 1.807) is 19.5 Å². The number of piperidine rings is 3. The molecule has 3 fully saturated rings. The van der Waals surface area contributed by atoms with Gasteiger partial charge in [-0.2, -0.15) is 0 Å². The summed E-state index contributed by atoms with van der Waals surface area (Å²) in [4.78, 5) is 18.8. The van der Waals surface area contributed by atoms with Crippen LogP contribution in [0.4, 0.5) is 0 Å². The number of aromatic nitrogens is 1. The Morgan fingerprint density at radius 1 is 1.17 bits per heavy atom.